The molecule has 2 heterocycles. The molecule has 4 rings (SSSR count). The predicted octanol–water partition coefficient (Wildman–Crippen LogP) is 2.50. The first-order valence-corrected chi connectivity index (χ1v) is 7.40. The molecule has 6 heteroatoms. The second-order valence-electron chi connectivity index (χ2n) is 4.93. The van der Waals surface area contributed by atoms with E-state index in [1.54, 1.807) is 0 Å². The summed E-state index contributed by atoms with van der Waals surface area (Å²) in [6.45, 7) is 0. The van der Waals surface area contributed by atoms with Crippen molar-refractivity contribution in [3.63, 3.8) is 0 Å². The van der Waals surface area contributed by atoms with Crippen LogP contribution in [0.5, 0.6) is 0 Å². The van der Waals surface area contributed by atoms with Crippen LogP contribution in [0.25, 0.3) is 11.0 Å². The van der Waals surface area contributed by atoms with Crippen molar-refractivity contribution in [1.82, 2.24) is 4.98 Å². The summed E-state index contributed by atoms with van der Waals surface area (Å²) < 4.78 is 3.14. The number of hydrogen-bond acceptors (Lipinski definition) is 3. The Morgan fingerprint density at radius 3 is 2.86 bits per heavy atom. The highest BCUT2D eigenvalue weighted by molar-refractivity contribution is 9.10. The molecule has 0 radical (unpaired) electrons. The largest absolute Gasteiger partial charge is 0.365 e. The lowest BCUT2D eigenvalue weighted by atomic mass is 10.1. The van der Waals surface area contributed by atoms with Crippen LogP contribution >= 0.6 is 15.9 Å². The van der Waals surface area contributed by atoms with Gasteiger partial charge in [-0.1, -0.05) is 40.2 Å². The van der Waals surface area contributed by atoms with Gasteiger partial charge in [0.05, 0.1) is 0 Å². The number of aromatic amines is 1. The van der Waals surface area contributed by atoms with E-state index in [1.807, 2.05) is 30.3 Å². The van der Waals surface area contributed by atoms with E-state index in [2.05, 4.69) is 54.0 Å². The first-order chi connectivity index (χ1) is 10.2. The molecule has 2 aromatic carbocycles. The highest BCUT2D eigenvalue weighted by atomic mass is 79.9. The van der Waals surface area contributed by atoms with Crippen LogP contribution in [0.15, 0.2) is 58.0 Å². The van der Waals surface area contributed by atoms with Crippen LogP contribution in [0.1, 0.15) is 11.7 Å². The molecule has 1 aliphatic heterocycles. The van der Waals surface area contributed by atoms with Crippen molar-refractivity contribution in [2.24, 2.45) is 10.7 Å². The number of nitrogens with two attached hydrogens (primary N) is 1. The minimum atomic E-state index is -0.185. The zero-order valence-electron chi connectivity index (χ0n) is 11.0. The van der Waals surface area contributed by atoms with Crippen LogP contribution < -0.4 is 15.6 Å². The fourth-order valence-corrected chi connectivity index (χ4v) is 3.09. The third-order valence-electron chi connectivity index (χ3n) is 3.56. The van der Waals surface area contributed by atoms with Crippen LogP contribution in [0.2, 0.25) is 0 Å². The van der Waals surface area contributed by atoms with Gasteiger partial charge in [0.2, 0.25) is 6.17 Å². The van der Waals surface area contributed by atoms with Gasteiger partial charge in [0.1, 0.15) is 11.0 Å². The Hall–Kier alpha value is -2.34. The number of imidazole rings is 1. The molecule has 0 aliphatic carbocycles. The van der Waals surface area contributed by atoms with Gasteiger partial charge in [-0.25, -0.2) is 14.9 Å². The summed E-state index contributed by atoms with van der Waals surface area (Å²) in [5, 5.41) is 3.09. The monoisotopic (exact) mass is 342 g/mol. The number of halogens is 1. The number of para-hydroxylation sites is 2. The van der Waals surface area contributed by atoms with E-state index in [9.17, 15) is 0 Å². The first-order valence-electron chi connectivity index (χ1n) is 6.60. The number of aliphatic imine (C=N–C) groups is 1. The SMILES string of the molecule is NC1=NC(c2cccc(Br)c2)[n+]2c([nH]c3ccccc32)N1. The maximum Gasteiger partial charge on any atom is 0.365 e. The number of guanidine groups is 1. The van der Waals surface area contributed by atoms with Crippen molar-refractivity contribution in [1.29, 1.82) is 0 Å². The fourth-order valence-electron chi connectivity index (χ4n) is 2.68. The summed E-state index contributed by atoms with van der Waals surface area (Å²) in [7, 11) is 0. The van der Waals surface area contributed by atoms with E-state index in [0.29, 0.717) is 5.96 Å². The van der Waals surface area contributed by atoms with Gasteiger partial charge in [-0.05, 0) is 24.3 Å². The molecule has 0 fully saturated rings. The van der Waals surface area contributed by atoms with Crippen LogP contribution in [0.4, 0.5) is 5.95 Å². The summed E-state index contributed by atoms with van der Waals surface area (Å²) in [6, 6.07) is 16.2. The van der Waals surface area contributed by atoms with Gasteiger partial charge in [0, 0.05) is 10.0 Å². The molecule has 1 atom stereocenters. The van der Waals surface area contributed by atoms with Gasteiger partial charge in [0.25, 0.3) is 5.96 Å². The van der Waals surface area contributed by atoms with Gasteiger partial charge in [-0.3, -0.25) is 0 Å². The second-order valence-corrected chi connectivity index (χ2v) is 5.84. The highest BCUT2D eigenvalue weighted by Crippen LogP contribution is 2.25. The van der Waals surface area contributed by atoms with Crippen molar-refractivity contribution in [3.05, 3.63) is 58.6 Å². The number of nitrogens with zero attached hydrogens (tertiary/aromatic N) is 2. The molecule has 21 heavy (non-hydrogen) atoms. The Bertz CT molecular complexity index is 867. The van der Waals surface area contributed by atoms with Gasteiger partial charge >= 0.3 is 5.95 Å². The summed E-state index contributed by atoms with van der Waals surface area (Å²) in [5.41, 5.74) is 9.14. The fraction of sp³-hybridized carbons (Fsp3) is 0.0667. The Morgan fingerprint density at radius 2 is 2.00 bits per heavy atom. The van der Waals surface area contributed by atoms with E-state index in [0.717, 1.165) is 27.0 Å². The summed E-state index contributed by atoms with van der Waals surface area (Å²) in [6.07, 6.45) is -0.185. The molecule has 1 aliphatic rings. The van der Waals surface area contributed by atoms with Gasteiger partial charge < -0.3 is 5.73 Å². The van der Waals surface area contributed by atoms with Crippen LogP contribution in [-0.4, -0.2) is 10.9 Å². The van der Waals surface area contributed by atoms with Gasteiger partial charge in [0.15, 0.2) is 0 Å². The molecule has 3 aromatic rings. The quantitative estimate of drug-likeness (QED) is 0.594. The normalized spacial score (nSPS) is 17.2. The molecular formula is C15H13BrN5+. The summed E-state index contributed by atoms with van der Waals surface area (Å²) in [4.78, 5) is 7.90. The zero-order chi connectivity index (χ0) is 14.4. The molecule has 1 aromatic heterocycles. The second kappa shape index (κ2) is 4.60. The zero-order valence-corrected chi connectivity index (χ0v) is 12.6. The Kier molecular flexibility index (Phi) is 2.71. The predicted molar refractivity (Wildman–Crippen MR) is 86.0 cm³/mol. The third-order valence-corrected chi connectivity index (χ3v) is 4.05. The standard InChI is InChI=1S/C15H12BrN5/c16-10-5-3-4-9(8-10)13-19-14(17)20-15-18-11-6-1-2-7-12(11)21(13)15/h1-8,13H,(H3,17,18,19,20)/p+1. The number of fused-ring (bicyclic) bond motifs is 3. The summed E-state index contributed by atoms with van der Waals surface area (Å²) >= 11 is 3.51. The lowest BCUT2D eigenvalue weighted by Crippen LogP contribution is -2.48. The molecule has 4 N–H and O–H groups in total. The number of nitrogens with one attached hydrogen (secondary N) is 2. The number of aromatic nitrogens is 2. The van der Waals surface area contributed by atoms with E-state index in [-0.39, 0.29) is 6.17 Å². The minimum absolute atomic E-state index is 0.185. The number of anilines is 1. The van der Waals surface area contributed by atoms with Gasteiger partial charge in [-0.15, -0.1) is 0 Å². The Balaban J connectivity index is 1.97. The third kappa shape index (κ3) is 1.99. The van der Waals surface area contributed by atoms with Crippen LogP contribution in [0, 0.1) is 0 Å². The molecule has 0 bridgehead atoms. The Labute approximate surface area is 129 Å². The van der Waals surface area contributed by atoms with Crippen molar-refractivity contribution >= 4 is 38.9 Å². The Morgan fingerprint density at radius 1 is 1.14 bits per heavy atom. The molecule has 5 nitrogen and oxygen atoms in total. The van der Waals surface area contributed by atoms with Crippen molar-refractivity contribution < 1.29 is 4.57 Å². The minimum Gasteiger partial charge on any atom is -0.357 e. The number of hydrogen-bond donors (Lipinski definition) is 3. The summed E-state index contributed by atoms with van der Waals surface area (Å²) in [5.74, 6) is 1.25. The molecule has 104 valence electrons. The van der Waals surface area contributed by atoms with Crippen LogP contribution in [0.3, 0.4) is 0 Å². The van der Waals surface area contributed by atoms with E-state index in [1.165, 1.54) is 0 Å². The molecule has 0 saturated heterocycles. The molecule has 0 amide bonds. The topological polar surface area (TPSA) is 70.1 Å². The smallest absolute Gasteiger partial charge is 0.357 e. The van der Waals surface area contributed by atoms with Crippen molar-refractivity contribution in [2.45, 2.75) is 6.17 Å². The van der Waals surface area contributed by atoms with E-state index >= 15 is 0 Å². The molecule has 0 spiro atoms. The van der Waals surface area contributed by atoms with Gasteiger partial charge in [-0.2, -0.15) is 4.99 Å². The number of benzene rings is 2. The lowest BCUT2D eigenvalue weighted by Gasteiger charge is -2.18. The number of rotatable bonds is 1. The van der Waals surface area contributed by atoms with E-state index in [4.69, 9.17) is 5.73 Å². The molecule has 1 unspecified atom stereocenters. The van der Waals surface area contributed by atoms with E-state index < -0.39 is 0 Å². The highest BCUT2D eigenvalue weighted by Gasteiger charge is 2.30. The lowest BCUT2D eigenvalue weighted by molar-refractivity contribution is -0.674. The average Bonchev–Trinajstić information content (AvgIpc) is 2.84. The maximum atomic E-state index is 5.93. The van der Waals surface area contributed by atoms with Crippen molar-refractivity contribution in [2.75, 3.05) is 5.32 Å². The maximum absolute atomic E-state index is 5.93. The first kappa shape index (κ1) is 12.4. The van der Waals surface area contributed by atoms with Crippen LogP contribution in [-0.2, 0) is 0 Å². The van der Waals surface area contributed by atoms with Crippen molar-refractivity contribution in [3.8, 4) is 0 Å². The molecule has 0 saturated carbocycles. The number of H-pyrrole nitrogens is 1. The average molecular weight is 343 g/mol. The molecular weight excluding hydrogens is 330 g/mol.